The number of hydrogen-bond donors (Lipinski definition) is 1. The van der Waals surface area contributed by atoms with E-state index < -0.39 is 5.97 Å². The molecule has 0 spiro atoms. The summed E-state index contributed by atoms with van der Waals surface area (Å²) in [7, 11) is 2.18. The maximum atomic E-state index is 12.0. The van der Waals surface area contributed by atoms with Crippen molar-refractivity contribution in [2.75, 3.05) is 44.7 Å². The number of thioether (sulfide) groups is 1. The fourth-order valence-corrected chi connectivity index (χ4v) is 3.28. The summed E-state index contributed by atoms with van der Waals surface area (Å²) < 4.78 is 0. The molecule has 1 amide bonds. The van der Waals surface area contributed by atoms with Gasteiger partial charge in [-0.15, -0.1) is 11.8 Å². The molecule has 0 aliphatic carbocycles. The SMILES string of the molecule is CCCCN(C)CC1CCN(C(=O)CSCC(=O)O)CC1. The van der Waals surface area contributed by atoms with Crippen LogP contribution in [0.4, 0.5) is 0 Å². The summed E-state index contributed by atoms with van der Waals surface area (Å²) in [6, 6.07) is 0. The maximum Gasteiger partial charge on any atom is 0.313 e. The van der Waals surface area contributed by atoms with Gasteiger partial charge < -0.3 is 14.9 Å². The second-order valence-electron chi connectivity index (χ2n) is 5.83. The molecule has 1 rings (SSSR count). The van der Waals surface area contributed by atoms with Crippen LogP contribution in [0.3, 0.4) is 0 Å². The molecule has 1 heterocycles. The molecule has 1 fully saturated rings. The number of amides is 1. The van der Waals surface area contributed by atoms with Gasteiger partial charge in [0.25, 0.3) is 0 Å². The molecule has 122 valence electrons. The van der Waals surface area contributed by atoms with Gasteiger partial charge in [-0.1, -0.05) is 13.3 Å². The first-order chi connectivity index (χ1) is 10.0. The van der Waals surface area contributed by atoms with E-state index in [4.69, 9.17) is 5.11 Å². The summed E-state index contributed by atoms with van der Waals surface area (Å²) in [5.41, 5.74) is 0. The number of rotatable bonds is 9. The van der Waals surface area contributed by atoms with Crippen LogP contribution in [-0.2, 0) is 9.59 Å². The summed E-state index contributed by atoms with van der Waals surface area (Å²) in [5.74, 6) is 0.195. The minimum absolute atomic E-state index is 0.00439. The van der Waals surface area contributed by atoms with E-state index in [1.54, 1.807) is 0 Å². The van der Waals surface area contributed by atoms with Crippen LogP contribution in [-0.4, -0.2) is 71.5 Å². The first-order valence-corrected chi connectivity index (χ1v) is 8.94. The Morgan fingerprint density at radius 1 is 1.29 bits per heavy atom. The maximum absolute atomic E-state index is 12.0. The Hall–Kier alpha value is -0.750. The Labute approximate surface area is 132 Å². The molecule has 1 saturated heterocycles. The number of carbonyl (C=O) groups is 2. The van der Waals surface area contributed by atoms with Gasteiger partial charge in [0.1, 0.15) is 0 Å². The molecule has 0 unspecified atom stereocenters. The van der Waals surface area contributed by atoms with Crippen molar-refractivity contribution in [1.29, 1.82) is 0 Å². The number of hydrogen-bond acceptors (Lipinski definition) is 4. The lowest BCUT2D eigenvalue weighted by atomic mass is 9.96. The van der Waals surface area contributed by atoms with E-state index >= 15 is 0 Å². The van der Waals surface area contributed by atoms with Crippen LogP contribution in [0, 0.1) is 5.92 Å². The topological polar surface area (TPSA) is 60.9 Å². The molecule has 1 N–H and O–H groups in total. The van der Waals surface area contributed by atoms with Crippen molar-refractivity contribution < 1.29 is 14.7 Å². The summed E-state index contributed by atoms with van der Waals surface area (Å²) in [6.07, 6.45) is 4.59. The highest BCUT2D eigenvalue weighted by atomic mass is 32.2. The van der Waals surface area contributed by atoms with Crippen molar-refractivity contribution in [3.63, 3.8) is 0 Å². The molecule has 0 bridgehead atoms. The Balaban J connectivity index is 2.19. The number of piperidine rings is 1. The van der Waals surface area contributed by atoms with Crippen LogP contribution in [0.5, 0.6) is 0 Å². The van der Waals surface area contributed by atoms with Gasteiger partial charge in [-0.05, 0) is 38.8 Å². The number of carboxylic acids is 1. The highest BCUT2D eigenvalue weighted by Crippen LogP contribution is 2.19. The van der Waals surface area contributed by atoms with Crippen molar-refractivity contribution in [3.8, 4) is 0 Å². The molecule has 1 aliphatic rings. The summed E-state index contributed by atoms with van der Waals surface area (Å²) in [4.78, 5) is 26.7. The number of aliphatic carboxylic acids is 1. The fraction of sp³-hybridized carbons (Fsp3) is 0.867. The van der Waals surface area contributed by atoms with Gasteiger partial charge >= 0.3 is 5.97 Å². The van der Waals surface area contributed by atoms with Crippen LogP contribution in [0.15, 0.2) is 0 Å². The van der Waals surface area contributed by atoms with Gasteiger partial charge in [0.05, 0.1) is 11.5 Å². The van der Waals surface area contributed by atoms with Gasteiger partial charge in [-0.25, -0.2) is 0 Å². The average molecular weight is 316 g/mol. The number of carboxylic acid groups (broad SMARTS) is 1. The van der Waals surface area contributed by atoms with Crippen LogP contribution in [0.1, 0.15) is 32.6 Å². The third-order valence-corrected chi connectivity index (χ3v) is 4.78. The van der Waals surface area contributed by atoms with Gasteiger partial charge in [0.2, 0.25) is 5.91 Å². The Kier molecular flexibility index (Phi) is 8.76. The van der Waals surface area contributed by atoms with E-state index in [0.717, 1.165) is 39.0 Å². The Bertz CT molecular complexity index is 331. The van der Waals surface area contributed by atoms with Crippen molar-refractivity contribution in [2.45, 2.75) is 32.6 Å². The van der Waals surface area contributed by atoms with E-state index in [-0.39, 0.29) is 17.4 Å². The number of nitrogens with zero attached hydrogens (tertiary/aromatic N) is 2. The molecule has 0 aromatic rings. The lowest BCUT2D eigenvalue weighted by Crippen LogP contribution is -2.42. The molecule has 0 aromatic heterocycles. The molecule has 0 radical (unpaired) electrons. The summed E-state index contributed by atoms with van der Waals surface area (Å²) >= 11 is 1.18. The summed E-state index contributed by atoms with van der Waals surface area (Å²) in [5, 5.41) is 8.57. The standard InChI is InChI=1S/C15H28N2O3S/c1-3-4-7-16(2)10-13-5-8-17(9-6-13)14(18)11-21-12-15(19)20/h13H,3-12H2,1-2H3,(H,19,20). The minimum atomic E-state index is -0.860. The average Bonchev–Trinajstić information content (AvgIpc) is 2.45. The molecule has 6 heteroatoms. The molecular weight excluding hydrogens is 288 g/mol. The zero-order valence-corrected chi connectivity index (χ0v) is 14.0. The van der Waals surface area contributed by atoms with Crippen LogP contribution in [0.2, 0.25) is 0 Å². The molecule has 5 nitrogen and oxygen atoms in total. The second-order valence-corrected chi connectivity index (χ2v) is 6.81. The number of likely N-dealkylation sites (tertiary alicyclic amines) is 1. The zero-order valence-electron chi connectivity index (χ0n) is 13.2. The second kappa shape index (κ2) is 10.1. The molecule has 0 atom stereocenters. The summed E-state index contributed by atoms with van der Waals surface area (Å²) in [6.45, 7) is 6.12. The van der Waals surface area contributed by atoms with E-state index in [1.807, 2.05) is 4.90 Å². The number of unbranched alkanes of at least 4 members (excludes halogenated alkanes) is 1. The van der Waals surface area contributed by atoms with E-state index in [1.165, 1.54) is 24.6 Å². The van der Waals surface area contributed by atoms with Gasteiger partial charge in [-0.2, -0.15) is 0 Å². The lowest BCUT2D eigenvalue weighted by molar-refractivity contribution is -0.133. The fourth-order valence-electron chi connectivity index (χ4n) is 2.64. The van der Waals surface area contributed by atoms with Crippen molar-refractivity contribution in [3.05, 3.63) is 0 Å². The van der Waals surface area contributed by atoms with Gasteiger partial charge in [0.15, 0.2) is 0 Å². The van der Waals surface area contributed by atoms with Crippen molar-refractivity contribution in [1.82, 2.24) is 9.80 Å². The van der Waals surface area contributed by atoms with Crippen molar-refractivity contribution in [2.24, 2.45) is 5.92 Å². The smallest absolute Gasteiger partial charge is 0.313 e. The Morgan fingerprint density at radius 2 is 1.95 bits per heavy atom. The normalized spacial score (nSPS) is 16.4. The molecule has 21 heavy (non-hydrogen) atoms. The first-order valence-electron chi connectivity index (χ1n) is 7.78. The van der Waals surface area contributed by atoms with Crippen LogP contribution in [0.25, 0.3) is 0 Å². The molecular formula is C15H28N2O3S. The molecule has 1 aliphatic heterocycles. The molecule has 0 aromatic carbocycles. The predicted octanol–water partition coefficient (Wildman–Crippen LogP) is 1.77. The highest BCUT2D eigenvalue weighted by Gasteiger charge is 2.23. The lowest BCUT2D eigenvalue weighted by Gasteiger charge is -2.34. The first kappa shape index (κ1) is 18.3. The van der Waals surface area contributed by atoms with Gasteiger partial charge in [0, 0.05) is 19.6 Å². The van der Waals surface area contributed by atoms with E-state index in [9.17, 15) is 9.59 Å². The predicted molar refractivity (Wildman–Crippen MR) is 86.7 cm³/mol. The third-order valence-electron chi connectivity index (χ3n) is 3.88. The monoisotopic (exact) mass is 316 g/mol. The van der Waals surface area contributed by atoms with Crippen LogP contribution >= 0.6 is 11.8 Å². The highest BCUT2D eigenvalue weighted by molar-refractivity contribution is 8.00. The van der Waals surface area contributed by atoms with Crippen LogP contribution < -0.4 is 0 Å². The Morgan fingerprint density at radius 3 is 2.52 bits per heavy atom. The minimum Gasteiger partial charge on any atom is -0.481 e. The van der Waals surface area contributed by atoms with Crippen molar-refractivity contribution >= 4 is 23.6 Å². The zero-order chi connectivity index (χ0) is 15.7. The van der Waals surface area contributed by atoms with E-state index in [0.29, 0.717) is 5.92 Å². The molecule has 0 saturated carbocycles. The van der Waals surface area contributed by atoms with E-state index in [2.05, 4.69) is 18.9 Å². The number of carbonyl (C=O) groups excluding carboxylic acids is 1. The van der Waals surface area contributed by atoms with Gasteiger partial charge in [-0.3, -0.25) is 9.59 Å². The third kappa shape index (κ3) is 7.71. The largest absolute Gasteiger partial charge is 0.481 e. The quantitative estimate of drug-likeness (QED) is 0.702.